The fourth-order valence-electron chi connectivity index (χ4n) is 2.95. The number of ether oxygens (including phenoxy) is 2. The van der Waals surface area contributed by atoms with Crippen LogP contribution in [-0.2, 0) is 20.7 Å². The van der Waals surface area contributed by atoms with Gasteiger partial charge < -0.3 is 9.47 Å². The number of carbonyl (C=O) groups is 2. The van der Waals surface area contributed by atoms with Crippen LogP contribution < -0.4 is 4.74 Å². The molecule has 1 aromatic rings. The predicted molar refractivity (Wildman–Crippen MR) is 104 cm³/mol. The van der Waals surface area contributed by atoms with Gasteiger partial charge in [0.2, 0.25) is 0 Å². The first-order valence-electron chi connectivity index (χ1n) is 10.0. The fraction of sp³-hybridized carbons (Fsp3) is 0.636. The number of unbranched alkanes of at least 4 members (excludes halogenated alkanes) is 4. The highest BCUT2D eigenvalue weighted by Crippen LogP contribution is 2.31. The molecule has 0 N–H and O–H groups in total. The minimum Gasteiger partial charge on any atom is -0.465 e. The van der Waals surface area contributed by atoms with Crippen LogP contribution in [0.15, 0.2) is 24.3 Å². The Kier molecular flexibility index (Phi) is 10.0. The summed E-state index contributed by atoms with van der Waals surface area (Å²) in [5.41, 5.74) is -0.144. The van der Waals surface area contributed by atoms with E-state index in [-0.39, 0.29) is 0 Å². The van der Waals surface area contributed by atoms with Crippen molar-refractivity contribution >= 4 is 11.9 Å². The van der Waals surface area contributed by atoms with Crippen LogP contribution in [0.25, 0.3) is 0 Å². The lowest BCUT2D eigenvalue weighted by Gasteiger charge is -2.26. The van der Waals surface area contributed by atoms with Gasteiger partial charge in [0.15, 0.2) is 5.41 Å². The SMILES string of the molecule is CCCCCCCOC(=O)C(CC)(CC)C(=O)Oc1cccc(CC)c1. The molecule has 0 aliphatic carbocycles. The van der Waals surface area contributed by atoms with Gasteiger partial charge in [0.05, 0.1) is 6.61 Å². The molecule has 0 unspecified atom stereocenters. The zero-order valence-corrected chi connectivity index (χ0v) is 16.8. The molecule has 26 heavy (non-hydrogen) atoms. The Bertz CT molecular complexity index is 561. The van der Waals surface area contributed by atoms with Crippen molar-refractivity contribution in [3.8, 4) is 5.75 Å². The van der Waals surface area contributed by atoms with E-state index in [1.807, 2.05) is 39.0 Å². The number of rotatable bonds is 12. The number of esters is 2. The molecule has 0 heterocycles. The molecule has 0 aliphatic rings. The summed E-state index contributed by atoms with van der Waals surface area (Å²) >= 11 is 0. The normalized spacial score (nSPS) is 11.2. The van der Waals surface area contributed by atoms with Crippen LogP contribution in [-0.4, -0.2) is 18.5 Å². The molecular weight excluding hydrogens is 328 g/mol. The molecule has 4 heteroatoms. The van der Waals surface area contributed by atoms with Crippen LogP contribution in [0.5, 0.6) is 5.75 Å². The Labute approximate surface area is 158 Å². The smallest absolute Gasteiger partial charge is 0.328 e. The van der Waals surface area contributed by atoms with Crippen molar-refractivity contribution < 1.29 is 19.1 Å². The van der Waals surface area contributed by atoms with Crippen LogP contribution in [0.4, 0.5) is 0 Å². The summed E-state index contributed by atoms with van der Waals surface area (Å²) in [4.78, 5) is 25.4. The third-order valence-corrected chi connectivity index (χ3v) is 4.99. The van der Waals surface area contributed by atoms with E-state index in [1.54, 1.807) is 6.07 Å². The summed E-state index contributed by atoms with van der Waals surface area (Å²) in [5, 5.41) is 0. The third-order valence-electron chi connectivity index (χ3n) is 4.99. The summed E-state index contributed by atoms with van der Waals surface area (Å²) in [6.07, 6.45) is 7.00. The van der Waals surface area contributed by atoms with Crippen molar-refractivity contribution in [2.45, 2.75) is 79.1 Å². The number of hydrogen-bond donors (Lipinski definition) is 0. The second-order valence-electron chi connectivity index (χ2n) is 6.73. The molecule has 1 aromatic carbocycles. The third kappa shape index (κ3) is 6.15. The van der Waals surface area contributed by atoms with Gasteiger partial charge >= 0.3 is 11.9 Å². The second-order valence-corrected chi connectivity index (χ2v) is 6.73. The zero-order chi connectivity index (χ0) is 19.4. The van der Waals surface area contributed by atoms with Crippen molar-refractivity contribution in [3.05, 3.63) is 29.8 Å². The maximum Gasteiger partial charge on any atom is 0.328 e. The average molecular weight is 363 g/mol. The monoisotopic (exact) mass is 362 g/mol. The van der Waals surface area contributed by atoms with Crippen molar-refractivity contribution in [2.24, 2.45) is 5.41 Å². The van der Waals surface area contributed by atoms with Gasteiger partial charge in [-0.3, -0.25) is 9.59 Å². The van der Waals surface area contributed by atoms with E-state index in [4.69, 9.17) is 9.47 Å². The first kappa shape index (κ1) is 22.2. The molecule has 0 spiro atoms. The maximum atomic E-state index is 12.8. The summed E-state index contributed by atoms with van der Waals surface area (Å²) in [6, 6.07) is 7.42. The molecule has 0 fully saturated rings. The molecule has 146 valence electrons. The number of carbonyl (C=O) groups excluding carboxylic acids is 2. The lowest BCUT2D eigenvalue weighted by Crippen LogP contribution is -2.42. The van der Waals surface area contributed by atoms with Crippen LogP contribution in [0.2, 0.25) is 0 Å². The Hall–Kier alpha value is -1.84. The van der Waals surface area contributed by atoms with E-state index < -0.39 is 17.4 Å². The zero-order valence-electron chi connectivity index (χ0n) is 16.8. The highest BCUT2D eigenvalue weighted by molar-refractivity contribution is 6.00. The number of hydrogen-bond acceptors (Lipinski definition) is 4. The first-order valence-corrected chi connectivity index (χ1v) is 10.0. The van der Waals surface area contributed by atoms with Crippen molar-refractivity contribution in [1.82, 2.24) is 0 Å². The molecule has 1 rings (SSSR count). The highest BCUT2D eigenvalue weighted by Gasteiger charge is 2.46. The molecule has 0 amide bonds. The molecule has 0 bridgehead atoms. The van der Waals surface area contributed by atoms with Crippen LogP contribution in [0.1, 0.15) is 78.2 Å². The molecular formula is C22H34O4. The highest BCUT2D eigenvalue weighted by atomic mass is 16.6. The molecule has 0 aromatic heterocycles. The van der Waals surface area contributed by atoms with E-state index >= 15 is 0 Å². The average Bonchev–Trinajstić information content (AvgIpc) is 2.66. The van der Waals surface area contributed by atoms with Crippen molar-refractivity contribution in [2.75, 3.05) is 6.61 Å². The largest absolute Gasteiger partial charge is 0.465 e. The van der Waals surface area contributed by atoms with Crippen LogP contribution in [0, 0.1) is 5.41 Å². The van der Waals surface area contributed by atoms with Gasteiger partial charge in [-0.2, -0.15) is 0 Å². The minimum absolute atomic E-state index is 0.364. The number of aryl methyl sites for hydroxylation is 1. The van der Waals surface area contributed by atoms with Crippen LogP contribution in [0.3, 0.4) is 0 Å². The van der Waals surface area contributed by atoms with Gasteiger partial charge in [-0.05, 0) is 43.4 Å². The lowest BCUT2D eigenvalue weighted by atomic mass is 9.82. The Morgan fingerprint density at radius 2 is 1.62 bits per heavy atom. The van der Waals surface area contributed by atoms with Gasteiger partial charge in [-0.1, -0.05) is 65.5 Å². The molecule has 0 aliphatic heterocycles. The van der Waals surface area contributed by atoms with E-state index in [0.29, 0.717) is 25.2 Å². The van der Waals surface area contributed by atoms with Gasteiger partial charge in [-0.15, -0.1) is 0 Å². The molecule has 0 atom stereocenters. The van der Waals surface area contributed by atoms with Gasteiger partial charge in [0, 0.05) is 0 Å². The van der Waals surface area contributed by atoms with Crippen LogP contribution >= 0.6 is 0 Å². The Morgan fingerprint density at radius 1 is 0.923 bits per heavy atom. The number of benzene rings is 1. The predicted octanol–water partition coefficient (Wildman–Crippen LogP) is 5.47. The standard InChI is InChI=1S/C22H34O4/c1-5-9-10-11-12-16-25-20(23)22(7-3,8-4)21(24)26-19-15-13-14-18(6-2)17-19/h13-15,17H,5-12,16H2,1-4H3. The van der Waals surface area contributed by atoms with E-state index in [0.717, 1.165) is 31.2 Å². The first-order chi connectivity index (χ1) is 12.5. The Morgan fingerprint density at radius 3 is 2.23 bits per heavy atom. The van der Waals surface area contributed by atoms with Gasteiger partial charge in [0.1, 0.15) is 5.75 Å². The van der Waals surface area contributed by atoms with E-state index in [9.17, 15) is 9.59 Å². The maximum absolute atomic E-state index is 12.8. The topological polar surface area (TPSA) is 52.6 Å². The molecule has 0 saturated heterocycles. The Balaban J connectivity index is 2.70. The summed E-state index contributed by atoms with van der Waals surface area (Å²) in [5.74, 6) is -0.505. The summed E-state index contributed by atoms with van der Waals surface area (Å²) in [6.45, 7) is 8.23. The van der Waals surface area contributed by atoms with Gasteiger partial charge in [0.25, 0.3) is 0 Å². The fourth-order valence-corrected chi connectivity index (χ4v) is 2.95. The van der Waals surface area contributed by atoms with Crippen molar-refractivity contribution in [3.63, 3.8) is 0 Å². The minimum atomic E-state index is -1.23. The molecule has 0 radical (unpaired) electrons. The summed E-state index contributed by atoms with van der Waals surface area (Å²) in [7, 11) is 0. The summed E-state index contributed by atoms with van der Waals surface area (Å²) < 4.78 is 11.0. The molecule has 4 nitrogen and oxygen atoms in total. The lowest BCUT2D eigenvalue weighted by molar-refractivity contribution is -0.168. The quantitative estimate of drug-likeness (QED) is 0.214. The van der Waals surface area contributed by atoms with E-state index in [1.165, 1.54) is 12.8 Å². The van der Waals surface area contributed by atoms with E-state index in [2.05, 4.69) is 6.92 Å². The second kappa shape index (κ2) is 11.7. The molecule has 0 saturated carbocycles. The van der Waals surface area contributed by atoms with Gasteiger partial charge in [-0.25, -0.2) is 0 Å². The van der Waals surface area contributed by atoms with Crippen molar-refractivity contribution in [1.29, 1.82) is 0 Å².